The molecule has 0 saturated carbocycles. The van der Waals surface area contributed by atoms with E-state index in [0.29, 0.717) is 0 Å². The van der Waals surface area contributed by atoms with Gasteiger partial charge in [0, 0.05) is 23.7 Å². The van der Waals surface area contributed by atoms with Gasteiger partial charge in [-0.25, -0.2) is 0 Å². The minimum atomic E-state index is 0.737. The topological polar surface area (TPSA) is 24.1 Å². The van der Waals surface area contributed by atoms with E-state index in [1.165, 1.54) is 16.0 Å². The van der Waals surface area contributed by atoms with Gasteiger partial charge in [0.05, 0.1) is 0 Å². The average molecular weight is 331 g/mol. The van der Waals surface area contributed by atoms with Crippen molar-refractivity contribution in [3.8, 4) is 0 Å². The van der Waals surface area contributed by atoms with Crippen molar-refractivity contribution in [3.05, 3.63) is 65.7 Å². The van der Waals surface area contributed by atoms with E-state index in [4.69, 9.17) is 12.2 Å². The Kier molecular flexibility index (Phi) is 7.26. The van der Waals surface area contributed by atoms with Crippen LogP contribution in [0.5, 0.6) is 0 Å². The van der Waals surface area contributed by atoms with E-state index in [-0.39, 0.29) is 0 Å². The Balaban J connectivity index is 1.55. The lowest BCUT2D eigenvalue weighted by Gasteiger charge is -2.10. The summed E-state index contributed by atoms with van der Waals surface area (Å²) in [7, 11) is 0. The lowest BCUT2D eigenvalue weighted by molar-refractivity contribution is 0.831. The highest BCUT2D eigenvalue weighted by Gasteiger charge is 1.97. The van der Waals surface area contributed by atoms with E-state index in [9.17, 15) is 0 Å². The molecule has 0 heterocycles. The molecule has 0 aliphatic heterocycles. The maximum absolute atomic E-state index is 5.29. The molecule has 0 fully saturated rings. The van der Waals surface area contributed by atoms with Crippen molar-refractivity contribution in [2.24, 2.45) is 0 Å². The number of thioether (sulfide) groups is 1. The minimum absolute atomic E-state index is 0.737. The van der Waals surface area contributed by atoms with Crippen LogP contribution in [0.25, 0.3) is 0 Å². The molecule has 2 N–H and O–H groups in total. The zero-order valence-electron chi connectivity index (χ0n) is 12.8. The van der Waals surface area contributed by atoms with Crippen molar-refractivity contribution in [2.75, 3.05) is 18.8 Å². The molecule has 0 aromatic heterocycles. The van der Waals surface area contributed by atoms with Crippen LogP contribution in [0, 0.1) is 6.92 Å². The van der Waals surface area contributed by atoms with Crippen LogP contribution in [-0.4, -0.2) is 24.0 Å². The standard InChI is InChI=1S/C18H22N2S2/c1-15-7-9-17(10-8-15)22-14-13-20-18(21)19-12-11-16-5-3-2-4-6-16/h2-10H,11-14H2,1H3,(H2,19,20,21). The summed E-state index contributed by atoms with van der Waals surface area (Å²) in [5.41, 5.74) is 2.62. The molecule has 0 spiro atoms. The van der Waals surface area contributed by atoms with Gasteiger partial charge in [0.15, 0.2) is 5.11 Å². The molecule has 4 heteroatoms. The Hall–Kier alpha value is -1.52. The Morgan fingerprint density at radius 2 is 1.64 bits per heavy atom. The summed E-state index contributed by atoms with van der Waals surface area (Å²) in [4.78, 5) is 1.30. The summed E-state index contributed by atoms with van der Waals surface area (Å²) < 4.78 is 0. The summed E-state index contributed by atoms with van der Waals surface area (Å²) >= 11 is 7.13. The van der Waals surface area contributed by atoms with Crippen molar-refractivity contribution in [1.82, 2.24) is 10.6 Å². The summed E-state index contributed by atoms with van der Waals surface area (Å²) in [6.45, 7) is 3.84. The molecular weight excluding hydrogens is 308 g/mol. The van der Waals surface area contributed by atoms with E-state index in [1.54, 1.807) is 0 Å². The van der Waals surface area contributed by atoms with Crippen molar-refractivity contribution in [2.45, 2.75) is 18.2 Å². The molecule has 0 aliphatic rings. The molecule has 0 atom stereocenters. The molecule has 0 aliphatic carbocycles. The molecule has 2 aromatic carbocycles. The van der Waals surface area contributed by atoms with Gasteiger partial charge in [-0.15, -0.1) is 11.8 Å². The number of aryl methyl sites for hydroxylation is 1. The van der Waals surface area contributed by atoms with Crippen LogP contribution >= 0.6 is 24.0 Å². The van der Waals surface area contributed by atoms with Gasteiger partial charge in [-0.1, -0.05) is 48.0 Å². The van der Waals surface area contributed by atoms with Gasteiger partial charge >= 0.3 is 0 Å². The van der Waals surface area contributed by atoms with E-state index < -0.39 is 0 Å². The first-order valence-electron chi connectivity index (χ1n) is 7.49. The fourth-order valence-corrected chi connectivity index (χ4v) is 2.97. The monoisotopic (exact) mass is 330 g/mol. The Morgan fingerprint density at radius 3 is 2.36 bits per heavy atom. The normalized spacial score (nSPS) is 10.2. The maximum atomic E-state index is 5.29. The minimum Gasteiger partial charge on any atom is -0.362 e. The fourth-order valence-electron chi connectivity index (χ4n) is 2.00. The Bertz CT molecular complexity index is 567. The predicted molar refractivity (Wildman–Crippen MR) is 101 cm³/mol. The predicted octanol–water partition coefficient (Wildman–Crippen LogP) is 3.79. The Labute approximate surface area is 142 Å². The second-order valence-corrected chi connectivity index (χ2v) is 6.66. The first-order valence-corrected chi connectivity index (χ1v) is 8.88. The maximum Gasteiger partial charge on any atom is 0.166 e. The molecule has 0 bridgehead atoms. The van der Waals surface area contributed by atoms with Gasteiger partial charge in [-0.2, -0.15) is 0 Å². The largest absolute Gasteiger partial charge is 0.362 e. The summed E-state index contributed by atoms with van der Waals surface area (Å²) in [6.07, 6.45) is 0.987. The van der Waals surface area contributed by atoms with Gasteiger partial charge in [0.25, 0.3) is 0 Å². The van der Waals surface area contributed by atoms with Crippen LogP contribution in [0.4, 0.5) is 0 Å². The third-order valence-electron chi connectivity index (χ3n) is 3.22. The molecule has 2 rings (SSSR count). The van der Waals surface area contributed by atoms with Crippen LogP contribution in [0.1, 0.15) is 11.1 Å². The molecule has 2 aromatic rings. The van der Waals surface area contributed by atoms with Crippen molar-refractivity contribution in [3.63, 3.8) is 0 Å². The van der Waals surface area contributed by atoms with Crippen LogP contribution in [0.3, 0.4) is 0 Å². The van der Waals surface area contributed by atoms with Gasteiger partial charge in [-0.3, -0.25) is 0 Å². The quantitative estimate of drug-likeness (QED) is 0.458. The third kappa shape index (κ3) is 6.50. The molecular formula is C18H22N2S2. The van der Waals surface area contributed by atoms with E-state index in [0.717, 1.165) is 30.4 Å². The van der Waals surface area contributed by atoms with E-state index in [1.807, 2.05) is 17.8 Å². The van der Waals surface area contributed by atoms with Gasteiger partial charge < -0.3 is 10.6 Å². The fraction of sp³-hybridized carbons (Fsp3) is 0.278. The highest BCUT2D eigenvalue weighted by molar-refractivity contribution is 7.99. The zero-order valence-corrected chi connectivity index (χ0v) is 14.5. The lowest BCUT2D eigenvalue weighted by atomic mass is 10.1. The van der Waals surface area contributed by atoms with Crippen LogP contribution in [0.2, 0.25) is 0 Å². The number of hydrogen-bond donors (Lipinski definition) is 2. The van der Waals surface area contributed by atoms with Gasteiger partial charge in [-0.05, 0) is 43.3 Å². The average Bonchev–Trinajstić information content (AvgIpc) is 2.54. The second-order valence-electron chi connectivity index (χ2n) is 5.08. The highest BCUT2D eigenvalue weighted by atomic mass is 32.2. The first kappa shape index (κ1) is 16.8. The SMILES string of the molecule is Cc1ccc(SCCNC(=S)NCCc2ccccc2)cc1. The smallest absolute Gasteiger partial charge is 0.166 e. The third-order valence-corrected chi connectivity index (χ3v) is 4.52. The van der Waals surface area contributed by atoms with Crippen LogP contribution in [-0.2, 0) is 6.42 Å². The van der Waals surface area contributed by atoms with Crippen molar-refractivity contribution in [1.29, 1.82) is 0 Å². The first-order chi connectivity index (χ1) is 10.7. The highest BCUT2D eigenvalue weighted by Crippen LogP contribution is 2.17. The molecule has 0 saturated heterocycles. The zero-order chi connectivity index (χ0) is 15.6. The molecule has 0 amide bonds. The molecule has 0 unspecified atom stereocenters. The molecule has 0 radical (unpaired) electrons. The van der Waals surface area contributed by atoms with Gasteiger partial charge in [0.1, 0.15) is 0 Å². The van der Waals surface area contributed by atoms with Crippen LogP contribution < -0.4 is 10.6 Å². The number of rotatable bonds is 7. The van der Waals surface area contributed by atoms with Crippen molar-refractivity contribution < 1.29 is 0 Å². The summed E-state index contributed by atoms with van der Waals surface area (Å²) in [6, 6.07) is 19.0. The van der Waals surface area contributed by atoms with E-state index in [2.05, 4.69) is 66.1 Å². The number of nitrogens with one attached hydrogen (secondary N) is 2. The molecule has 2 nitrogen and oxygen atoms in total. The number of thiocarbonyl (C=S) groups is 1. The second kappa shape index (κ2) is 9.49. The van der Waals surface area contributed by atoms with Crippen molar-refractivity contribution >= 4 is 29.1 Å². The number of benzene rings is 2. The van der Waals surface area contributed by atoms with E-state index >= 15 is 0 Å². The van der Waals surface area contributed by atoms with Crippen LogP contribution in [0.15, 0.2) is 59.5 Å². The molecule has 116 valence electrons. The summed E-state index contributed by atoms with van der Waals surface area (Å²) in [5, 5.41) is 7.23. The summed E-state index contributed by atoms with van der Waals surface area (Å²) in [5.74, 6) is 1.00. The van der Waals surface area contributed by atoms with Gasteiger partial charge in [0.2, 0.25) is 0 Å². The Morgan fingerprint density at radius 1 is 0.955 bits per heavy atom. The number of hydrogen-bond acceptors (Lipinski definition) is 2. The lowest BCUT2D eigenvalue weighted by Crippen LogP contribution is -2.37. The molecule has 22 heavy (non-hydrogen) atoms.